The van der Waals surface area contributed by atoms with Crippen LogP contribution in [0.1, 0.15) is 11.6 Å². The van der Waals surface area contributed by atoms with Gasteiger partial charge in [0.25, 0.3) is 5.69 Å². The third-order valence-corrected chi connectivity index (χ3v) is 2.73. The number of nitrogens with zero attached hydrogens (tertiary/aromatic N) is 2. The maximum absolute atomic E-state index is 10.6. The van der Waals surface area contributed by atoms with E-state index in [1.807, 2.05) is 0 Å². The molecule has 5 nitrogen and oxygen atoms in total. The fourth-order valence-electron chi connectivity index (χ4n) is 2.00. The molecule has 1 aliphatic heterocycles. The minimum Gasteiger partial charge on any atom is -0.366 e. The first-order chi connectivity index (χ1) is 7.63. The number of nitro benzene ring substituents is 1. The van der Waals surface area contributed by atoms with Gasteiger partial charge in [0, 0.05) is 42.5 Å². The fraction of sp³-hybridized carbons (Fsp3) is 0.273. The molecule has 1 aromatic carbocycles. The van der Waals surface area contributed by atoms with Gasteiger partial charge in [-0.05, 0) is 6.07 Å². The van der Waals surface area contributed by atoms with Gasteiger partial charge in [0.05, 0.1) is 4.92 Å². The first kappa shape index (κ1) is 10.6. The smallest absolute Gasteiger partial charge is 0.269 e. The van der Waals surface area contributed by atoms with Gasteiger partial charge in [0.2, 0.25) is 0 Å². The highest BCUT2D eigenvalue weighted by Gasteiger charge is 2.26. The Morgan fingerprint density at radius 1 is 1.69 bits per heavy atom. The maximum atomic E-state index is 10.6. The second kappa shape index (κ2) is 3.94. The summed E-state index contributed by atoms with van der Waals surface area (Å²) in [5.74, 6) is 0. The predicted octanol–water partition coefficient (Wildman–Crippen LogP) is 1.60. The van der Waals surface area contributed by atoms with Crippen LogP contribution in [0.15, 0.2) is 30.9 Å². The minimum absolute atomic E-state index is 0.0923. The van der Waals surface area contributed by atoms with Gasteiger partial charge in [-0.25, -0.2) is 0 Å². The van der Waals surface area contributed by atoms with Crippen molar-refractivity contribution in [1.29, 1.82) is 0 Å². The molecule has 0 unspecified atom stereocenters. The monoisotopic (exact) mass is 219 g/mol. The van der Waals surface area contributed by atoms with Gasteiger partial charge in [-0.2, -0.15) is 0 Å². The summed E-state index contributed by atoms with van der Waals surface area (Å²) in [5, 5.41) is 10.6. The van der Waals surface area contributed by atoms with Crippen LogP contribution in [-0.4, -0.2) is 18.0 Å². The number of nitro groups is 1. The molecule has 1 aromatic rings. The lowest BCUT2D eigenvalue weighted by Crippen LogP contribution is -2.24. The number of non-ortho nitro benzene ring substituents is 1. The highest BCUT2D eigenvalue weighted by Crippen LogP contribution is 2.35. The van der Waals surface area contributed by atoms with Gasteiger partial charge in [0.1, 0.15) is 0 Å². The lowest BCUT2D eigenvalue weighted by atomic mass is 10.1. The van der Waals surface area contributed by atoms with Crippen LogP contribution in [0.25, 0.3) is 0 Å². The first-order valence-corrected chi connectivity index (χ1v) is 5.03. The summed E-state index contributed by atoms with van der Waals surface area (Å²) in [4.78, 5) is 12.3. The predicted molar refractivity (Wildman–Crippen MR) is 62.4 cm³/mol. The standard InChI is InChI=1S/C11H13N3O2/c1-2-5-13-7-10(12)9-6-8(14(15)16)3-4-11(9)13/h2-4,6,10H,1,5,7,12H2/t10-/m1/s1. The van der Waals surface area contributed by atoms with E-state index in [2.05, 4.69) is 11.5 Å². The molecule has 0 saturated carbocycles. The van der Waals surface area contributed by atoms with Gasteiger partial charge in [-0.3, -0.25) is 10.1 Å². The second-order valence-corrected chi connectivity index (χ2v) is 3.80. The molecular weight excluding hydrogens is 206 g/mol. The van der Waals surface area contributed by atoms with Gasteiger partial charge in [-0.15, -0.1) is 6.58 Å². The largest absolute Gasteiger partial charge is 0.366 e. The molecule has 0 bridgehead atoms. The van der Waals surface area contributed by atoms with Crippen LogP contribution in [0.3, 0.4) is 0 Å². The molecule has 0 aliphatic carbocycles. The van der Waals surface area contributed by atoms with Crippen LogP contribution in [0.5, 0.6) is 0 Å². The molecule has 1 aliphatic rings. The Balaban J connectivity index is 2.40. The van der Waals surface area contributed by atoms with Crippen LogP contribution < -0.4 is 10.6 Å². The summed E-state index contributed by atoms with van der Waals surface area (Å²) in [5.41, 5.74) is 7.84. The summed E-state index contributed by atoms with van der Waals surface area (Å²) in [6.07, 6.45) is 1.79. The molecule has 0 aromatic heterocycles. The number of benzene rings is 1. The zero-order chi connectivity index (χ0) is 11.7. The molecule has 1 heterocycles. The highest BCUT2D eigenvalue weighted by atomic mass is 16.6. The number of anilines is 1. The van der Waals surface area contributed by atoms with Crippen molar-refractivity contribution in [2.45, 2.75) is 6.04 Å². The van der Waals surface area contributed by atoms with Gasteiger partial charge in [0.15, 0.2) is 0 Å². The van der Waals surface area contributed by atoms with Crippen LogP contribution in [-0.2, 0) is 0 Å². The van der Waals surface area contributed by atoms with Crippen molar-refractivity contribution >= 4 is 11.4 Å². The number of fused-ring (bicyclic) bond motifs is 1. The Kier molecular flexibility index (Phi) is 2.62. The van der Waals surface area contributed by atoms with E-state index in [1.54, 1.807) is 18.2 Å². The fourth-order valence-corrected chi connectivity index (χ4v) is 2.00. The quantitative estimate of drug-likeness (QED) is 0.476. The molecule has 16 heavy (non-hydrogen) atoms. The van der Waals surface area contributed by atoms with Crippen molar-refractivity contribution in [2.75, 3.05) is 18.0 Å². The van der Waals surface area contributed by atoms with E-state index < -0.39 is 4.92 Å². The number of hydrogen-bond acceptors (Lipinski definition) is 4. The van der Waals surface area contributed by atoms with Crippen LogP contribution >= 0.6 is 0 Å². The van der Waals surface area contributed by atoms with E-state index in [4.69, 9.17) is 5.73 Å². The Morgan fingerprint density at radius 3 is 3.06 bits per heavy atom. The van der Waals surface area contributed by atoms with E-state index in [1.165, 1.54) is 6.07 Å². The van der Waals surface area contributed by atoms with Crippen LogP contribution in [0.4, 0.5) is 11.4 Å². The van der Waals surface area contributed by atoms with Crippen molar-refractivity contribution in [3.63, 3.8) is 0 Å². The van der Waals surface area contributed by atoms with E-state index in [0.717, 1.165) is 11.3 Å². The van der Waals surface area contributed by atoms with Crippen molar-refractivity contribution in [3.05, 3.63) is 46.5 Å². The third kappa shape index (κ3) is 1.65. The van der Waals surface area contributed by atoms with Crippen molar-refractivity contribution in [1.82, 2.24) is 0 Å². The van der Waals surface area contributed by atoms with Crippen molar-refractivity contribution < 1.29 is 4.92 Å². The Labute approximate surface area is 93.3 Å². The molecule has 0 saturated heterocycles. The molecule has 0 amide bonds. The maximum Gasteiger partial charge on any atom is 0.269 e. The van der Waals surface area contributed by atoms with Gasteiger partial charge in [-0.1, -0.05) is 6.08 Å². The normalized spacial score (nSPS) is 18.3. The van der Waals surface area contributed by atoms with E-state index >= 15 is 0 Å². The van der Waals surface area contributed by atoms with Crippen LogP contribution in [0.2, 0.25) is 0 Å². The lowest BCUT2D eigenvalue weighted by Gasteiger charge is -2.16. The lowest BCUT2D eigenvalue weighted by molar-refractivity contribution is -0.384. The molecule has 1 atom stereocenters. The topological polar surface area (TPSA) is 72.4 Å². The molecule has 2 N–H and O–H groups in total. The number of hydrogen-bond donors (Lipinski definition) is 1. The zero-order valence-corrected chi connectivity index (χ0v) is 8.80. The molecular formula is C11H13N3O2. The van der Waals surface area contributed by atoms with Crippen molar-refractivity contribution in [2.24, 2.45) is 5.73 Å². The van der Waals surface area contributed by atoms with Crippen LogP contribution in [0, 0.1) is 10.1 Å². The Morgan fingerprint density at radius 2 is 2.44 bits per heavy atom. The molecule has 0 spiro atoms. The SMILES string of the molecule is C=CCN1C[C@@H](N)c2cc([N+](=O)[O-])ccc21. The molecule has 5 heteroatoms. The molecule has 2 rings (SSSR count). The molecule has 84 valence electrons. The summed E-state index contributed by atoms with van der Waals surface area (Å²) in [6.45, 7) is 5.07. The minimum atomic E-state index is -0.400. The summed E-state index contributed by atoms with van der Waals surface area (Å²) < 4.78 is 0. The molecule has 0 radical (unpaired) electrons. The number of rotatable bonds is 3. The summed E-state index contributed by atoms with van der Waals surface area (Å²) >= 11 is 0. The van der Waals surface area contributed by atoms with E-state index in [-0.39, 0.29) is 11.7 Å². The first-order valence-electron chi connectivity index (χ1n) is 5.03. The van der Waals surface area contributed by atoms with E-state index in [9.17, 15) is 10.1 Å². The average Bonchev–Trinajstić information content (AvgIpc) is 2.56. The van der Waals surface area contributed by atoms with Gasteiger partial charge >= 0.3 is 0 Å². The summed E-state index contributed by atoms with van der Waals surface area (Å²) in [7, 11) is 0. The average molecular weight is 219 g/mol. The highest BCUT2D eigenvalue weighted by molar-refractivity contribution is 5.63. The van der Waals surface area contributed by atoms with Gasteiger partial charge < -0.3 is 10.6 Å². The second-order valence-electron chi connectivity index (χ2n) is 3.80. The third-order valence-electron chi connectivity index (χ3n) is 2.73. The summed E-state index contributed by atoms with van der Waals surface area (Å²) in [6, 6.07) is 4.66. The number of nitrogens with two attached hydrogens (primary N) is 1. The Bertz CT molecular complexity index is 445. The van der Waals surface area contributed by atoms with Crippen molar-refractivity contribution in [3.8, 4) is 0 Å². The zero-order valence-electron chi connectivity index (χ0n) is 8.80. The Hall–Kier alpha value is -1.88. The molecule has 0 fully saturated rings. The van der Waals surface area contributed by atoms with E-state index in [0.29, 0.717) is 13.1 Å².